The quantitative estimate of drug-likeness (QED) is 0.181. The van der Waals surface area contributed by atoms with E-state index in [1.807, 2.05) is 48.5 Å². The molecule has 258 valence electrons. The van der Waals surface area contributed by atoms with E-state index < -0.39 is 6.17 Å². The van der Waals surface area contributed by atoms with E-state index in [1.54, 1.807) is 0 Å². The molecule has 0 radical (unpaired) electrons. The Kier molecular flexibility index (Phi) is 7.20. The third-order valence-electron chi connectivity index (χ3n) is 10.9. The Morgan fingerprint density at radius 2 is 0.945 bits per heavy atom. The van der Waals surface area contributed by atoms with Gasteiger partial charge < -0.3 is 9.73 Å². The van der Waals surface area contributed by atoms with Crippen LogP contribution in [0.3, 0.4) is 0 Å². The van der Waals surface area contributed by atoms with Crippen LogP contribution in [0.4, 0.5) is 0 Å². The van der Waals surface area contributed by atoms with Gasteiger partial charge in [0.15, 0.2) is 5.84 Å². The Balaban J connectivity index is 1.13. The number of hydrogen-bond acceptors (Lipinski definition) is 4. The fourth-order valence-corrected chi connectivity index (χ4v) is 8.39. The highest BCUT2D eigenvalue weighted by molar-refractivity contribution is 6.26. The molecule has 0 bridgehead atoms. The average Bonchev–Trinajstić information content (AvgIpc) is 3.65. The number of furan rings is 1. The molecule has 11 rings (SSSR count). The van der Waals surface area contributed by atoms with Crippen molar-refractivity contribution in [3.63, 3.8) is 0 Å². The number of para-hydroxylation sites is 1. The van der Waals surface area contributed by atoms with Crippen molar-refractivity contribution in [1.29, 1.82) is 0 Å². The Morgan fingerprint density at radius 3 is 1.64 bits per heavy atom. The highest BCUT2D eigenvalue weighted by Gasteiger charge is 2.26. The monoisotopic (exact) mass is 703 g/mol. The molecule has 1 aliphatic rings. The molecule has 1 aliphatic heterocycles. The lowest BCUT2D eigenvalue weighted by molar-refractivity contribution is 0.662. The normalized spacial score (nSPS) is 14.4. The highest BCUT2D eigenvalue weighted by atomic mass is 16.3. The molecule has 2 heterocycles. The second kappa shape index (κ2) is 12.7. The summed E-state index contributed by atoms with van der Waals surface area (Å²) in [6.07, 6.45) is -0.432. The summed E-state index contributed by atoms with van der Waals surface area (Å²) in [5.74, 6) is 1.47. The van der Waals surface area contributed by atoms with E-state index in [1.165, 1.54) is 32.3 Å². The first-order valence-corrected chi connectivity index (χ1v) is 18.7. The average molecular weight is 704 g/mol. The van der Waals surface area contributed by atoms with Gasteiger partial charge in [-0.25, -0.2) is 9.98 Å². The zero-order chi connectivity index (χ0) is 36.3. The van der Waals surface area contributed by atoms with Crippen LogP contribution in [0.15, 0.2) is 202 Å². The fraction of sp³-hybridized carbons (Fsp3) is 0.0196. The van der Waals surface area contributed by atoms with Crippen LogP contribution in [0.2, 0.25) is 0 Å². The molecule has 0 aliphatic carbocycles. The summed E-state index contributed by atoms with van der Waals surface area (Å²) in [5, 5.41) is 13.4. The molecule has 55 heavy (non-hydrogen) atoms. The van der Waals surface area contributed by atoms with Crippen LogP contribution >= 0.6 is 0 Å². The SMILES string of the molecule is c1ccc(C2=NC(c3cc(-c4ccccc4-c4ccc5c6ccccc6c6ccccc6c5c4)cc4oc5ccccc5c34)NC(c3ccccc3)=N2)cc1. The van der Waals surface area contributed by atoms with Gasteiger partial charge in [0.1, 0.15) is 23.2 Å². The molecule has 1 atom stereocenters. The summed E-state index contributed by atoms with van der Waals surface area (Å²) in [6.45, 7) is 0. The molecule has 1 unspecified atom stereocenters. The number of rotatable bonds is 5. The lowest BCUT2D eigenvalue weighted by Gasteiger charge is -2.25. The predicted octanol–water partition coefficient (Wildman–Crippen LogP) is 12.9. The smallest absolute Gasteiger partial charge is 0.159 e. The highest BCUT2D eigenvalue weighted by Crippen LogP contribution is 2.43. The minimum Gasteiger partial charge on any atom is -0.456 e. The zero-order valence-corrected chi connectivity index (χ0v) is 29.8. The first-order valence-electron chi connectivity index (χ1n) is 18.7. The maximum Gasteiger partial charge on any atom is 0.159 e. The molecule has 0 spiro atoms. The molecule has 1 N–H and O–H groups in total. The first-order chi connectivity index (χ1) is 27.3. The van der Waals surface area contributed by atoms with Crippen molar-refractivity contribution in [2.45, 2.75) is 6.17 Å². The van der Waals surface area contributed by atoms with E-state index in [-0.39, 0.29) is 0 Å². The Hall–Kier alpha value is -7.30. The number of hydrogen-bond donors (Lipinski definition) is 1. The zero-order valence-electron chi connectivity index (χ0n) is 29.8. The van der Waals surface area contributed by atoms with Crippen molar-refractivity contribution in [2.24, 2.45) is 9.98 Å². The molecule has 4 heteroatoms. The topological polar surface area (TPSA) is 49.9 Å². The second-order valence-corrected chi connectivity index (χ2v) is 14.1. The second-order valence-electron chi connectivity index (χ2n) is 14.1. The summed E-state index contributed by atoms with van der Waals surface area (Å²) in [4.78, 5) is 10.4. The van der Waals surface area contributed by atoms with Crippen molar-refractivity contribution in [3.8, 4) is 22.3 Å². The summed E-state index contributed by atoms with van der Waals surface area (Å²) in [7, 11) is 0. The largest absolute Gasteiger partial charge is 0.456 e. The van der Waals surface area contributed by atoms with Gasteiger partial charge in [0.25, 0.3) is 0 Å². The molecule has 4 nitrogen and oxygen atoms in total. The molecule has 1 aromatic heterocycles. The van der Waals surface area contributed by atoms with Crippen molar-refractivity contribution in [3.05, 3.63) is 205 Å². The van der Waals surface area contributed by atoms with Crippen molar-refractivity contribution in [2.75, 3.05) is 0 Å². The Labute approximate surface area is 317 Å². The lowest BCUT2D eigenvalue weighted by atomic mass is 9.89. The number of aliphatic imine (C=N–C) groups is 2. The number of nitrogens with zero attached hydrogens (tertiary/aromatic N) is 2. The Bertz CT molecular complexity index is 3140. The summed E-state index contributed by atoms with van der Waals surface area (Å²) in [6, 6.07) is 66.4. The van der Waals surface area contributed by atoms with Crippen molar-refractivity contribution in [1.82, 2.24) is 5.32 Å². The summed E-state index contributed by atoms with van der Waals surface area (Å²) in [5.41, 5.74) is 9.15. The van der Waals surface area contributed by atoms with Gasteiger partial charge in [0, 0.05) is 27.5 Å². The van der Waals surface area contributed by atoms with Crippen molar-refractivity contribution >= 4 is 65.9 Å². The van der Waals surface area contributed by atoms with Crippen LogP contribution < -0.4 is 5.32 Å². The van der Waals surface area contributed by atoms with Crippen LogP contribution in [0.1, 0.15) is 22.9 Å². The summed E-state index contributed by atoms with van der Waals surface area (Å²) < 4.78 is 6.65. The molecule has 9 aromatic carbocycles. The van der Waals surface area contributed by atoms with E-state index in [0.29, 0.717) is 5.84 Å². The number of benzene rings is 9. The van der Waals surface area contributed by atoms with Gasteiger partial charge in [-0.1, -0.05) is 164 Å². The lowest BCUT2D eigenvalue weighted by Crippen LogP contribution is -2.33. The van der Waals surface area contributed by atoms with E-state index >= 15 is 0 Å². The predicted molar refractivity (Wildman–Crippen MR) is 229 cm³/mol. The third-order valence-corrected chi connectivity index (χ3v) is 10.9. The molecule has 0 saturated heterocycles. The van der Waals surface area contributed by atoms with E-state index in [0.717, 1.165) is 66.7 Å². The van der Waals surface area contributed by atoms with E-state index in [4.69, 9.17) is 14.4 Å². The molecular weight excluding hydrogens is 671 g/mol. The maximum absolute atomic E-state index is 6.65. The van der Waals surface area contributed by atoms with Gasteiger partial charge >= 0.3 is 0 Å². The summed E-state index contributed by atoms with van der Waals surface area (Å²) >= 11 is 0. The minimum absolute atomic E-state index is 0.432. The van der Waals surface area contributed by atoms with Crippen LogP contribution in [0.5, 0.6) is 0 Å². The van der Waals surface area contributed by atoms with E-state index in [2.05, 4.69) is 145 Å². The number of nitrogens with one attached hydrogen (secondary N) is 1. The van der Waals surface area contributed by atoms with Gasteiger partial charge in [-0.05, 0) is 78.8 Å². The molecule has 0 saturated carbocycles. The minimum atomic E-state index is -0.432. The number of fused-ring (bicyclic) bond motifs is 9. The third kappa shape index (κ3) is 5.22. The van der Waals surface area contributed by atoms with Gasteiger partial charge in [-0.3, -0.25) is 0 Å². The van der Waals surface area contributed by atoms with Crippen LogP contribution in [0.25, 0.3) is 76.5 Å². The van der Waals surface area contributed by atoms with Gasteiger partial charge in [0.2, 0.25) is 0 Å². The standard InChI is InChI=1S/C51H33N3O/c1-3-15-32(16-4-1)49-52-50(33-17-5-2-6-18-33)54-51(53-49)45-30-35(31-47-48(45)43-25-13-14-26-46(43)55-47)37-20-8-7-19-36(37)34-27-28-42-40-23-10-9-21-38(40)39-22-11-12-24-41(39)44(42)29-34/h1-31,51H,(H,52,53,54). The van der Waals surface area contributed by atoms with Gasteiger partial charge in [-0.2, -0.15) is 0 Å². The molecule has 0 amide bonds. The van der Waals surface area contributed by atoms with Crippen LogP contribution in [-0.4, -0.2) is 11.7 Å². The van der Waals surface area contributed by atoms with Gasteiger partial charge in [-0.15, -0.1) is 0 Å². The van der Waals surface area contributed by atoms with Crippen molar-refractivity contribution < 1.29 is 4.42 Å². The first kappa shape index (κ1) is 31.2. The molecular formula is C51H33N3O. The van der Waals surface area contributed by atoms with Crippen LogP contribution in [-0.2, 0) is 0 Å². The Morgan fingerprint density at radius 1 is 0.400 bits per heavy atom. The fourth-order valence-electron chi connectivity index (χ4n) is 8.39. The van der Waals surface area contributed by atoms with Crippen LogP contribution in [0, 0.1) is 0 Å². The number of amidine groups is 2. The molecule has 10 aromatic rings. The molecule has 0 fully saturated rings. The van der Waals surface area contributed by atoms with Gasteiger partial charge in [0.05, 0.1) is 0 Å². The maximum atomic E-state index is 6.65. The van der Waals surface area contributed by atoms with E-state index in [9.17, 15) is 0 Å².